The average molecular weight is 320 g/mol. The van der Waals surface area contributed by atoms with Crippen LogP contribution in [0.2, 0.25) is 0 Å². The molecule has 0 aromatic heterocycles. The lowest BCUT2D eigenvalue weighted by Gasteiger charge is -2.41. The molecule has 1 fully saturated rings. The first-order chi connectivity index (χ1) is 11.8. The van der Waals surface area contributed by atoms with Gasteiger partial charge in [0, 0.05) is 12.5 Å². The van der Waals surface area contributed by atoms with Crippen molar-refractivity contribution in [3.63, 3.8) is 0 Å². The maximum Gasteiger partial charge on any atom is 0.226 e. The van der Waals surface area contributed by atoms with E-state index in [1.165, 1.54) is 16.7 Å². The molecular weight excluding hydrogens is 296 g/mol. The zero-order chi connectivity index (χ0) is 16.5. The first-order valence-corrected chi connectivity index (χ1v) is 8.89. The van der Waals surface area contributed by atoms with Crippen molar-refractivity contribution in [2.24, 2.45) is 11.8 Å². The lowest BCUT2D eigenvalue weighted by atomic mass is 9.84. The zero-order valence-corrected chi connectivity index (χ0v) is 14.1. The summed E-state index contributed by atoms with van der Waals surface area (Å²) in [5.41, 5.74) is 3.85. The molecule has 24 heavy (non-hydrogen) atoms. The van der Waals surface area contributed by atoms with Crippen LogP contribution in [0.25, 0.3) is 0 Å². The van der Waals surface area contributed by atoms with Gasteiger partial charge in [-0.3, -0.25) is 4.79 Å². The second-order valence-corrected chi connectivity index (χ2v) is 7.00. The lowest BCUT2D eigenvalue weighted by molar-refractivity contribution is -0.139. The summed E-state index contributed by atoms with van der Waals surface area (Å²) >= 11 is 0. The fraction of sp³-hybridized carbons (Fsp3) is 0.381. The van der Waals surface area contributed by atoms with Gasteiger partial charge >= 0.3 is 0 Å². The standard InChI is InChI=1S/C21H24N2O/c1-15(18-13-22-14-18)21(24)23-12-11-16-7-5-6-10-19(16)20(23)17-8-3-2-4-9-17/h2-10,15,18,20,22H,11-14H2,1H3. The number of carbonyl (C=O) groups is 1. The van der Waals surface area contributed by atoms with Crippen LogP contribution in [0.3, 0.4) is 0 Å². The van der Waals surface area contributed by atoms with Crippen LogP contribution in [-0.4, -0.2) is 30.4 Å². The van der Waals surface area contributed by atoms with Gasteiger partial charge < -0.3 is 10.2 Å². The molecule has 2 heterocycles. The molecule has 2 atom stereocenters. The molecule has 0 spiro atoms. The highest BCUT2D eigenvalue weighted by Gasteiger charge is 2.37. The topological polar surface area (TPSA) is 32.3 Å². The normalized spacial score (nSPS) is 21.7. The highest BCUT2D eigenvalue weighted by Crippen LogP contribution is 2.36. The van der Waals surface area contributed by atoms with Crippen molar-refractivity contribution in [2.45, 2.75) is 19.4 Å². The molecule has 2 aliphatic rings. The summed E-state index contributed by atoms with van der Waals surface area (Å²) in [5.74, 6) is 0.860. The molecule has 3 heteroatoms. The van der Waals surface area contributed by atoms with Gasteiger partial charge in [0.25, 0.3) is 0 Å². The van der Waals surface area contributed by atoms with Gasteiger partial charge in [-0.1, -0.05) is 61.5 Å². The SMILES string of the molecule is CC(C(=O)N1CCc2ccccc2C1c1ccccc1)C1CNC1. The minimum atomic E-state index is 0.0409. The molecule has 1 amide bonds. The van der Waals surface area contributed by atoms with E-state index in [2.05, 4.69) is 65.7 Å². The molecule has 0 aliphatic carbocycles. The third-order valence-corrected chi connectivity index (χ3v) is 5.59. The summed E-state index contributed by atoms with van der Waals surface area (Å²) in [6.07, 6.45) is 0.945. The average Bonchev–Trinajstić information content (AvgIpc) is 2.59. The smallest absolute Gasteiger partial charge is 0.226 e. The second-order valence-electron chi connectivity index (χ2n) is 7.00. The summed E-state index contributed by atoms with van der Waals surface area (Å²) in [4.78, 5) is 15.3. The van der Waals surface area contributed by atoms with Gasteiger partial charge in [0.1, 0.15) is 0 Å². The monoisotopic (exact) mass is 320 g/mol. The molecule has 0 radical (unpaired) electrons. The number of hydrogen-bond acceptors (Lipinski definition) is 2. The third kappa shape index (κ3) is 2.63. The summed E-state index contributed by atoms with van der Waals surface area (Å²) in [7, 11) is 0. The van der Waals surface area contributed by atoms with Crippen molar-refractivity contribution in [1.82, 2.24) is 10.2 Å². The number of carbonyl (C=O) groups excluding carboxylic acids is 1. The van der Waals surface area contributed by atoms with E-state index in [4.69, 9.17) is 0 Å². The van der Waals surface area contributed by atoms with Crippen LogP contribution < -0.4 is 5.32 Å². The van der Waals surface area contributed by atoms with Crippen LogP contribution in [0.5, 0.6) is 0 Å². The summed E-state index contributed by atoms with van der Waals surface area (Å²) in [6.45, 7) is 4.83. The molecule has 2 unspecified atom stereocenters. The van der Waals surface area contributed by atoms with Crippen LogP contribution in [0, 0.1) is 11.8 Å². The predicted molar refractivity (Wildman–Crippen MR) is 95.7 cm³/mol. The van der Waals surface area contributed by atoms with Gasteiger partial charge in [0.2, 0.25) is 5.91 Å². The molecule has 2 aliphatic heterocycles. The number of fused-ring (bicyclic) bond motifs is 1. The highest BCUT2D eigenvalue weighted by molar-refractivity contribution is 5.80. The highest BCUT2D eigenvalue weighted by atomic mass is 16.2. The number of benzene rings is 2. The molecule has 0 saturated carbocycles. The number of nitrogens with zero attached hydrogens (tertiary/aromatic N) is 1. The third-order valence-electron chi connectivity index (χ3n) is 5.59. The van der Waals surface area contributed by atoms with Crippen LogP contribution >= 0.6 is 0 Å². The van der Waals surface area contributed by atoms with Gasteiger partial charge in [0.15, 0.2) is 0 Å². The van der Waals surface area contributed by atoms with Crippen molar-refractivity contribution in [3.8, 4) is 0 Å². The molecule has 4 rings (SSSR count). The summed E-state index contributed by atoms with van der Waals surface area (Å²) < 4.78 is 0. The fourth-order valence-electron chi connectivity index (χ4n) is 3.93. The number of hydrogen-bond donors (Lipinski definition) is 1. The quantitative estimate of drug-likeness (QED) is 0.943. The molecule has 124 valence electrons. The van der Waals surface area contributed by atoms with E-state index in [-0.39, 0.29) is 12.0 Å². The maximum atomic E-state index is 13.2. The van der Waals surface area contributed by atoms with E-state index in [0.29, 0.717) is 11.8 Å². The Labute approximate surface area is 143 Å². The van der Waals surface area contributed by atoms with E-state index < -0.39 is 0 Å². The predicted octanol–water partition coefficient (Wildman–Crippen LogP) is 3.02. The van der Waals surface area contributed by atoms with Crippen LogP contribution in [0.15, 0.2) is 54.6 Å². The fourth-order valence-corrected chi connectivity index (χ4v) is 3.93. The minimum absolute atomic E-state index is 0.0409. The number of rotatable bonds is 3. The Morgan fingerprint density at radius 1 is 1.08 bits per heavy atom. The van der Waals surface area contributed by atoms with Gasteiger partial charge in [-0.15, -0.1) is 0 Å². The van der Waals surface area contributed by atoms with Crippen LogP contribution in [0.4, 0.5) is 0 Å². The molecule has 0 bridgehead atoms. The van der Waals surface area contributed by atoms with Crippen LogP contribution in [-0.2, 0) is 11.2 Å². The van der Waals surface area contributed by atoms with Gasteiger partial charge in [0.05, 0.1) is 6.04 Å². The van der Waals surface area contributed by atoms with Crippen molar-refractivity contribution in [1.29, 1.82) is 0 Å². The van der Waals surface area contributed by atoms with Gasteiger partial charge in [-0.25, -0.2) is 0 Å². The Morgan fingerprint density at radius 3 is 2.50 bits per heavy atom. The Morgan fingerprint density at radius 2 is 1.79 bits per heavy atom. The minimum Gasteiger partial charge on any atom is -0.331 e. The van der Waals surface area contributed by atoms with Crippen molar-refractivity contribution >= 4 is 5.91 Å². The summed E-state index contributed by atoms with van der Waals surface area (Å²) in [5, 5.41) is 3.29. The first-order valence-electron chi connectivity index (χ1n) is 8.89. The van der Waals surface area contributed by atoms with E-state index >= 15 is 0 Å². The number of amides is 1. The van der Waals surface area contributed by atoms with E-state index in [0.717, 1.165) is 26.1 Å². The van der Waals surface area contributed by atoms with Crippen molar-refractivity contribution < 1.29 is 4.79 Å². The van der Waals surface area contributed by atoms with E-state index in [1.54, 1.807) is 0 Å². The largest absolute Gasteiger partial charge is 0.331 e. The van der Waals surface area contributed by atoms with E-state index in [1.807, 2.05) is 6.07 Å². The van der Waals surface area contributed by atoms with Crippen molar-refractivity contribution in [2.75, 3.05) is 19.6 Å². The molecule has 3 nitrogen and oxygen atoms in total. The van der Waals surface area contributed by atoms with Gasteiger partial charge in [-0.2, -0.15) is 0 Å². The molecule has 2 aromatic carbocycles. The molecular formula is C21H24N2O. The Balaban J connectivity index is 1.71. The summed E-state index contributed by atoms with van der Waals surface area (Å²) in [6, 6.07) is 19.1. The Bertz CT molecular complexity index is 724. The maximum absolute atomic E-state index is 13.2. The Kier molecular flexibility index (Phi) is 4.11. The van der Waals surface area contributed by atoms with Crippen molar-refractivity contribution in [3.05, 3.63) is 71.3 Å². The first kappa shape index (κ1) is 15.4. The number of nitrogens with one attached hydrogen (secondary N) is 1. The zero-order valence-electron chi connectivity index (χ0n) is 14.1. The van der Waals surface area contributed by atoms with Gasteiger partial charge in [-0.05, 0) is 42.1 Å². The van der Waals surface area contributed by atoms with E-state index in [9.17, 15) is 4.79 Å². The molecule has 1 saturated heterocycles. The molecule has 1 N–H and O–H groups in total. The molecule has 2 aromatic rings. The second kappa shape index (κ2) is 6.40. The Hall–Kier alpha value is -2.13. The lowest BCUT2D eigenvalue weighted by Crippen LogP contribution is -2.52. The van der Waals surface area contributed by atoms with Crippen LogP contribution in [0.1, 0.15) is 29.7 Å².